The van der Waals surface area contributed by atoms with Crippen LogP contribution in [-0.4, -0.2) is 36.8 Å². The first-order valence-electron chi connectivity index (χ1n) is 8.29. The van der Waals surface area contributed by atoms with Crippen LogP contribution in [-0.2, 0) is 20.1 Å². The molecule has 0 aliphatic rings. The third-order valence-corrected chi connectivity index (χ3v) is 3.78. The van der Waals surface area contributed by atoms with E-state index in [0.717, 1.165) is 17.9 Å². The van der Waals surface area contributed by atoms with Gasteiger partial charge in [0.2, 0.25) is 0 Å². The summed E-state index contributed by atoms with van der Waals surface area (Å²) in [6.45, 7) is 3.56. The standard InChI is InChI=1S/C17H21FN8.HI/c1-3-20-17(22-10-16-23-11-24-25(16)2)21-9-13-4-5-15(14(18)8-13)26-7-6-19-12-26;/h4-8,11-12H,3,9-10H2,1-2H3,(H2,20,21,22);1H. The van der Waals surface area contributed by atoms with Crippen LogP contribution >= 0.6 is 24.0 Å². The Labute approximate surface area is 174 Å². The van der Waals surface area contributed by atoms with Gasteiger partial charge in [-0.1, -0.05) is 6.07 Å². The average Bonchev–Trinajstić information content (AvgIpc) is 3.29. The minimum Gasteiger partial charge on any atom is -0.357 e. The van der Waals surface area contributed by atoms with Crippen molar-refractivity contribution in [2.75, 3.05) is 6.54 Å². The van der Waals surface area contributed by atoms with E-state index in [2.05, 4.69) is 30.7 Å². The number of imidazole rings is 1. The predicted octanol–water partition coefficient (Wildman–Crippen LogP) is 2.01. The fourth-order valence-corrected chi connectivity index (χ4v) is 2.41. The van der Waals surface area contributed by atoms with Crippen molar-refractivity contribution in [3.05, 3.63) is 60.5 Å². The van der Waals surface area contributed by atoms with Crippen LogP contribution in [0, 0.1) is 5.82 Å². The molecule has 144 valence electrons. The summed E-state index contributed by atoms with van der Waals surface area (Å²) in [5.74, 6) is 1.12. The van der Waals surface area contributed by atoms with Crippen LogP contribution in [0.15, 0.2) is 48.2 Å². The zero-order chi connectivity index (χ0) is 18.4. The van der Waals surface area contributed by atoms with Gasteiger partial charge in [0.1, 0.15) is 18.0 Å². The molecule has 0 aliphatic carbocycles. The van der Waals surface area contributed by atoms with E-state index in [1.165, 1.54) is 12.4 Å². The second-order valence-electron chi connectivity index (χ2n) is 5.60. The van der Waals surface area contributed by atoms with Crippen molar-refractivity contribution in [3.8, 4) is 5.69 Å². The number of nitrogens with one attached hydrogen (secondary N) is 2. The maximum absolute atomic E-state index is 14.3. The van der Waals surface area contributed by atoms with Gasteiger partial charge in [0.25, 0.3) is 0 Å². The molecule has 0 spiro atoms. The van der Waals surface area contributed by atoms with Crippen molar-refractivity contribution in [3.63, 3.8) is 0 Å². The minimum atomic E-state index is -0.312. The number of hydrogen-bond acceptors (Lipinski definition) is 4. The number of benzene rings is 1. The maximum atomic E-state index is 14.3. The molecule has 0 saturated carbocycles. The molecule has 0 bridgehead atoms. The Balaban J connectivity index is 0.00000261. The van der Waals surface area contributed by atoms with Gasteiger partial charge in [-0.2, -0.15) is 5.10 Å². The fraction of sp³-hybridized carbons (Fsp3) is 0.294. The van der Waals surface area contributed by atoms with E-state index in [0.29, 0.717) is 24.7 Å². The van der Waals surface area contributed by atoms with E-state index in [9.17, 15) is 4.39 Å². The molecule has 0 aliphatic heterocycles. The first-order chi connectivity index (χ1) is 12.7. The first kappa shape index (κ1) is 20.8. The summed E-state index contributed by atoms with van der Waals surface area (Å²) in [7, 11) is 1.83. The number of aromatic nitrogens is 5. The van der Waals surface area contributed by atoms with Crippen LogP contribution in [0.4, 0.5) is 4.39 Å². The highest BCUT2D eigenvalue weighted by Crippen LogP contribution is 2.15. The highest BCUT2D eigenvalue weighted by atomic mass is 127. The Bertz CT molecular complexity index is 875. The minimum absolute atomic E-state index is 0. The van der Waals surface area contributed by atoms with E-state index in [4.69, 9.17) is 0 Å². The normalized spacial score (nSPS) is 11.1. The van der Waals surface area contributed by atoms with Crippen molar-refractivity contribution in [1.82, 2.24) is 34.9 Å². The average molecular weight is 484 g/mol. The molecule has 0 radical (unpaired) electrons. The second-order valence-corrected chi connectivity index (χ2v) is 5.60. The van der Waals surface area contributed by atoms with Gasteiger partial charge in [-0.25, -0.2) is 19.4 Å². The molecule has 0 unspecified atom stereocenters. The van der Waals surface area contributed by atoms with E-state index >= 15 is 0 Å². The topological polar surface area (TPSA) is 84.9 Å². The van der Waals surface area contributed by atoms with Gasteiger partial charge in [-0.3, -0.25) is 4.68 Å². The lowest BCUT2D eigenvalue weighted by atomic mass is 10.2. The van der Waals surface area contributed by atoms with Crippen molar-refractivity contribution in [2.45, 2.75) is 20.0 Å². The molecule has 0 saturated heterocycles. The second kappa shape index (κ2) is 10.00. The van der Waals surface area contributed by atoms with Gasteiger partial charge >= 0.3 is 0 Å². The van der Waals surface area contributed by atoms with Crippen LogP contribution in [0.5, 0.6) is 0 Å². The summed E-state index contributed by atoms with van der Waals surface area (Å²) < 4.78 is 17.6. The lowest BCUT2D eigenvalue weighted by molar-refractivity contribution is 0.615. The van der Waals surface area contributed by atoms with Crippen molar-refractivity contribution in [2.24, 2.45) is 12.0 Å². The lowest BCUT2D eigenvalue weighted by Gasteiger charge is -2.11. The molecule has 3 rings (SSSR count). The molecule has 2 N–H and O–H groups in total. The van der Waals surface area contributed by atoms with Gasteiger partial charge in [0, 0.05) is 26.0 Å². The molecule has 1 aromatic carbocycles. The highest BCUT2D eigenvalue weighted by Gasteiger charge is 2.06. The maximum Gasteiger partial charge on any atom is 0.191 e. The Morgan fingerprint density at radius 2 is 2.15 bits per heavy atom. The van der Waals surface area contributed by atoms with E-state index < -0.39 is 0 Å². The molecule has 2 heterocycles. The van der Waals surface area contributed by atoms with Gasteiger partial charge in [0.15, 0.2) is 5.96 Å². The molecule has 10 heteroatoms. The molecule has 0 atom stereocenters. The molecule has 0 fully saturated rings. The van der Waals surface area contributed by atoms with Crippen molar-refractivity contribution >= 4 is 29.9 Å². The number of aryl methyl sites for hydroxylation is 1. The Morgan fingerprint density at radius 1 is 1.30 bits per heavy atom. The molecular formula is C17H22FIN8. The summed E-state index contributed by atoms with van der Waals surface area (Å²) in [5.41, 5.74) is 1.24. The largest absolute Gasteiger partial charge is 0.357 e. The summed E-state index contributed by atoms with van der Waals surface area (Å²) in [6.07, 6.45) is 6.39. The quantitative estimate of drug-likeness (QED) is 0.318. The number of nitrogens with zero attached hydrogens (tertiary/aromatic N) is 6. The van der Waals surface area contributed by atoms with Crippen molar-refractivity contribution in [1.29, 1.82) is 0 Å². The molecule has 8 nitrogen and oxygen atoms in total. The molecular weight excluding hydrogens is 462 g/mol. The number of rotatable bonds is 6. The predicted molar refractivity (Wildman–Crippen MR) is 112 cm³/mol. The fourth-order valence-electron chi connectivity index (χ4n) is 2.41. The van der Waals surface area contributed by atoms with Crippen molar-refractivity contribution < 1.29 is 4.39 Å². The first-order valence-corrected chi connectivity index (χ1v) is 8.29. The number of guanidine groups is 1. The van der Waals surface area contributed by atoms with Gasteiger partial charge in [-0.15, -0.1) is 24.0 Å². The summed E-state index contributed by atoms with van der Waals surface area (Å²) in [4.78, 5) is 12.6. The SMILES string of the molecule is CCNC(=NCc1ccc(-n2ccnc2)c(F)c1)NCc1ncnn1C.I. The van der Waals surface area contributed by atoms with E-state index in [1.54, 1.807) is 34.0 Å². The third kappa shape index (κ3) is 5.49. The van der Waals surface area contributed by atoms with Crippen LogP contribution in [0.3, 0.4) is 0 Å². The molecule has 27 heavy (non-hydrogen) atoms. The molecule has 2 aromatic heterocycles. The number of halogens is 2. The monoisotopic (exact) mass is 484 g/mol. The van der Waals surface area contributed by atoms with E-state index in [1.807, 2.05) is 20.0 Å². The van der Waals surface area contributed by atoms with Crippen LogP contribution in [0.2, 0.25) is 0 Å². The van der Waals surface area contributed by atoms with Gasteiger partial charge in [0.05, 0.1) is 25.1 Å². The third-order valence-electron chi connectivity index (χ3n) is 3.78. The summed E-state index contributed by atoms with van der Waals surface area (Å²) in [5, 5.41) is 10.4. The summed E-state index contributed by atoms with van der Waals surface area (Å²) >= 11 is 0. The Morgan fingerprint density at radius 3 is 2.78 bits per heavy atom. The lowest BCUT2D eigenvalue weighted by Crippen LogP contribution is -2.37. The Hall–Kier alpha value is -2.50. The van der Waals surface area contributed by atoms with E-state index in [-0.39, 0.29) is 29.8 Å². The zero-order valence-corrected chi connectivity index (χ0v) is 17.5. The summed E-state index contributed by atoms with van der Waals surface area (Å²) in [6, 6.07) is 5.07. The van der Waals surface area contributed by atoms with Crippen LogP contribution in [0.1, 0.15) is 18.3 Å². The van der Waals surface area contributed by atoms with Crippen LogP contribution < -0.4 is 10.6 Å². The number of hydrogen-bond donors (Lipinski definition) is 2. The number of aliphatic imine (C=N–C) groups is 1. The molecule has 0 amide bonds. The van der Waals surface area contributed by atoms with Gasteiger partial charge in [-0.05, 0) is 24.6 Å². The zero-order valence-electron chi connectivity index (χ0n) is 15.1. The highest BCUT2D eigenvalue weighted by molar-refractivity contribution is 14.0. The molecule has 3 aromatic rings. The van der Waals surface area contributed by atoms with Crippen LogP contribution in [0.25, 0.3) is 5.69 Å². The van der Waals surface area contributed by atoms with Gasteiger partial charge < -0.3 is 15.2 Å². The Kier molecular flexibility index (Phi) is 7.70. The smallest absolute Gasteiger partial charge is 0.191 e.